The van der Waals surface area contributed by atoms with E-state index in [1.165, 1.54) is 11.1 Å². The highest BCUT2D eigenvalue weighted by atomic mass is 79.9. The zero-order valence-electron chi connectivity index (χ0n) is 10.3. The zero-order chi connectivity index (χ0) is 12.7. The molecular weight excluding hydrogens is 288 g/mol. The maximum atomic E-state index is 4.47. The summed E-state index contributed by atoms with van der Waals surface area (Å²) in [7, 11) is 0. The minimum absolute atomic E-state index is 1.04. The zero-order valence-corrected chi connectivity index (χ0v) is 11.9. The van der Waals surface area contributed by atoms with E-state index < -0.39 is 0 Å². The van der Waals surface area contributed by atoms with Crippen molar-refractivity contribution < 1.29 is 0 Å². The molecule has 0 aliphatic heterocycles. The van der Waals surface area contributed by atoms with Crippen LogP contribution >= 0.6 is 15.9 Å². The van der Waals surface area contributed by atoms with Crippen molar-refractivity contribution in [2.24, 2.45) is 0 Å². The molecule has 3 heteroatoms. The van der Waals surface area contributed by atoms with E-state index >= 15 is 0 Å². The quantitative estimate of drug-likeness (QED) is 0.651. The Morgan fingerprint density at radius 1 is 1.06 bits per heavy atom. The smallest absolute Gasteiger partial charge is 0.100 e. The molecule has 0 fully saturated rings. The Kier molecular flexibility index (Phi) is 2.71. The van der Waals surface area contributed by atoms with Gasteiger partial charge in [-0.3, -0.25) is 4.57 Å². The molecule has 0 saturated heterocycles. The largest absolute Gasteiger partial charge is 0.299 e. The predicted molar refractivity (Wildman–Crippen MR) is 78.2 cm³/mol. The number of nitrogens with zero attached hydrogens (tertiary/aromatic N) is 2. The first-order valence-corrected chi connectivity index (χ1v) is 6.65. The molecule has 90 valence electrons. The normalized spacial score (nSPS) is 11.1. The Balaban J connectivity index is 2.27. The topological polar surface area (TPSA) is 17.8 Å². The highest BCUT2D eigenvalue weighted by Crippen LogP contribution is 2.23. The second-order valence-corrected chi connectivity index (χ2v) is 5.44. The van der Waals surface area contributed by atoms with Gasteiger partial charge >= 0.3 is 0 Å². The summed E-state index contributed by atoms with van der Waals surface area (Å²) in [6.07, 6.45) is 1.88. The number of hydrogen-bond donors (Lipinski definition) is 0. The molecule has 3 aromatic rings. The molecule has 0 N–H and O–H groups in total. The lowest BCUT2D eigenvalue weighted by atomic mass is 10.1. The lowest BCUT2D eigenvalue weighted by Gasteiger charge is -2.06. The van der Waals surface area contributed by atoms with Gasteiger partial charge in [0.2, 0.25) is 0 Å². The van der Waals surface area contributed by atoms with Crippen LogP contribution in [0, 0.1) is 13.8 Å². The van der Waals surface area contributed by atoms with Gasteiger partial charge in [0, 0.05) is 10.2 Å². The van der Waals surface area contributed by atoms with Crippen LogP contribution in [0.5, 0.6) is 0 Å². The fourth-order valence-electron chi connectivity index (χ4n) is 2.10. The van der Waals surface area contributed by atoms with E-state index in [2.05, 4.69) is 63.6 Å². The molecule has 0 spiro atoms. The summed E-state index contributed by atoms with van der Waals surface area (Å²) < 4.78 is 3.19. The maximum Gasteiger partial charge on any atom is 0.100 e. The van der Waals surface area contributed by atoms with E-state index in [9.17, 15) is 0 Å². The number of halogens is 1. The first kappa shape index (κ1) is 11.5. The van der Waals surface area contributed by atoms with Crippen molar-refractivity contribution in [2.75, 3.05) is 0 Å². The molecule has 2 aromatic carbocycles. The number of imidazole rings is 1. The molecule has 0 radical (unpaired) electrons. The summed E-state index contributed by atoms with van der Waals surface area (Å²) in [4.78, 5) is 4.47. The first-order valence-electron chi connectivity index (χ1n) is 5.85. The molecule has 2 nitrogen and oxygen atoms in total. The molecule has 0 aliphatic rings. The third-order valence-electron chi connectivity index (χ3n) is 3.25. The number of rotatable bonds is 1. The predicted octanol–water partition coefficient (Wildman–Crippen LogP) is 4.40. The van der Waals surface area contributed by atoms with Gasteiger partial charge in [-0.1, -0.05) is 22.0 Å². The van der Waals surface area contributed by atoms with E-state index in [-0.39, 0.29) is 0 Å². The van der Waals surface area contributed by atoms with Gasteiger partial charge in [0.05, 0.1) is 11.0 Å². The van der Waals surface area contributed by atoms with Crippen LogP contribution in [0.25, 0.3) is 16.7 Å². The van der Waals surface area contributed by atoms with Crippen molar-refractivity contribution in [3.63, 3.8) is 0 Å². The van der Waals surface area contributed by atoms with Crippen LogP contribution in [0.15, 0.2) is 47.2 Å². The van der Waals surface area contributed by atoms with Gasteiger partial charge in [-0.25, -0.2) is 4.98 Å². The molecule has 0 atom stereocenters. The summed E-state index contributed by atoms with van der Waals surface area (Å²) in [6, 6.07) is 12.6. The molecular formula is C15H13BrN2. The molecule has 18 heavy (non-hydrogen) atoms. The fraction of sp³-hybridized carbons (Fsp3) is 0.133. The number of aryl methyl sites for hydroxylation is 2. The van der Waals surface area contributed by atoms with E-state index in [0.29, 0.717) is 0 Å². The summed E-state index contributed by atoms with van der Waals surface area (Å²) >= 11 is 3.50. The molecule has 0 bridgehead atoms. The van der Waals surface area contributed by atoms with Crippen LogP contribution in [-0.4, -0.2) is 9.55 Å². The van der Waals surface area contributed by atoms with Crippen LogP contribution in [0.3, 0.4) is 0 Å². The Morgan fingerprint density at radius 3 is 2.61 bits per heavy atom. The molecule has 0 unspecified atom stereocenters. The van der Waals surface area contributed by atoms with Gasteiger partial charge < -0.3 is 0 Å². The molecule has 0 amide bonds. The van der Waals surface area contributed by atoms with Crippen molar-refractivity contribution in [3.8, 4) is 5.69 Å². The lowest BCUT2D eigenvalue weighted by molar-refractivity contribution is 1.09. The van der Waals surface area contributed by atoms with E-state index in [1.807, 2.05) is 18.5 Å². The van der Waals surface area contributed by atoms with E-state index in [4.69, 9.17) is 0 Å². The second kappa shape index (κ2) is 4.25. The minimum atomic E-state index is 1.04. The van der Waals surface area contributed by atoms with Gasteiger partial charge in [0.1, 0.15) is 6.33 Å². The highest BCUT2D eigenvalue weighted by molar-refractivity contribution is 9.10. The molecule has 1 heterocycles. The average molecular weight is 301 g/mol. The van der Waals surface area contributed by atoms with Crippen molar-refractivity contribution in [1.29, 1.82) is 0 Å². The summed E-state index contributed by atoms with van der Waals surface area (Å²) in [5.74, 6) is 0. The van der Waals surface area contributed by atoms with Gasteiger partial charge in [-0.15, -0.1) is 0 Å². The SMILES string of the molecule is Cc1cc2ncn(-c3cccc(Br)c3)c2cc1C. The number of hydrogen-bond acceptors (Lipinski definition) is 1. The molecule has 0 aliphatic carbocycles. The Labute approximate surface area is 114 Å². The third kappa shape index (κ3) is 1.85. The molecule has 1 aromatic heterocycles. The Bertz CT molecular complexity index is 728. The minimum Gasteiger partial charge on any atom is -0.299 e. The van der Waals surface area contributed by atoms with Crippen LogP contribution in [0.1, 0.15) is 11.1 Å². The number of benzene rings is 2. The van der Waals surface area contributed by atoms with Crippen molar-refractivity contribution in [2.45, 2.75) is 13.8 Å². The first-order chi connectivity index (χ1) is 8.65. The fourth-order valence-corrected chi connectivity index (χ4v) is 2.48. The third-order valence-corrected chi connectivity index (χ3v) is 3.74. The van der Waals surface area contributed by atoms with Crippen molar-refractivity contribution in [3.05, 3.63) is 58.3 Å². The van der Waals surface area contributed by atoms with E-state index in [0.717, 1.165) is 21.2 Å². The van der Waals surface area contributed by atoms with Crippen LogP contribution in [-0.2, 0) is 0 Å². The van der Waals surface area contributed by atoms with Crippen LogP contribution < -0.4 is 0 Å². The van der Waals surface area contributed by atoms with Gasteiger partial charge in [-0.2, -0.15) is 0 Å². The van der Waals surface area contributed by atoms with E-state index in [1.54, 1.807) is 0 Å². The van der Waals surface area contributed by atoms with Crippen molar-refractivity contribution >= 4 is 27.0 Å². The lowest BCUT2D eigenvalue weighted by Crippen LogP contribution is -1.92. The highest BCUT2D eigenvalue weighted by Gasteiger charge is 2.06. The summed E-state index contributed by atoms with van der Waals surface area (Å²) in [6.45, 7) is 4.25. The van der Waals surface area contributed by atoms with Crippen molar-refractivity contribution in [1.82, 2.24) is 9.55 Å². The summed E-state index contributed by atoms with van der Waals surface area (Å²) in [5.41, 5.74) is 5.88. The van der Waals surface area contributed by atoms with Gasteiger partial charge in [0.15, 0.2) is 0 Å². The van der Waals surface area contributed by atoms with Crippen LogP contribution in [0.2, 0.25) is 0 Å². The van der Waals surface area contributed by atoms with Gasteiger partial charge in [0.25, 0.3) is 0 Å². The van der Waals surface area contributed by atoms with Gasteiger partial charge in [-0.05, 0) is 55.3 Å². The standard InChI is InChI=1S/C15H13BrN2/c1-10-6-14-15(7-11(10)2)18(9-17-14)13-5-3-4-12(16)8-13/h3-9H,1-2H3. The van der Waals surface area contributed by atoms with Crippen LogP contribution in [0.4, 0.5) is 0 Å². The maximum absolute atomic E-state index is 4.47. The monoisotopic (exact) mass is 300 g/mol. The Morgan fingerprint density at radius 2 is 1.83 bits per heavy atom. The summed E-state index contributed by atoms with van der Waals surface area (Å²) in [5, 5.41) is 0. The number of fused-ring (bicyclic) bond motifs is 1. The molecule has 0 saturated carbocycles. The Hall–Kier alpha value is -1.61. The molecule has 3 rings (SSSR count). The average Bonchev–Trinajstić information content (AvgIpc) is 2.73. The number of aromatic nitrogens is 2. The second-order valence-electron chi connectivity index (χ2n) is 4.52.